The fourth-order valence-electron chi connectivity index (χ4n) is 1.18. The minimum Gasteiger partial charge on any atom is -0.368 e. The van der Waals surface area contributed by atoms with Crippen molar-refractivity contribution < 1.29 is 9.32 Å². The smallest absolute Gasteiger partial charge is 0.297 e. The molecule has 17 heavy (non-hydrogen) atoms. The SMILES string of the molecule is Nc1cc(=O)n(C(=O)c2ccc(Cl)nc2Cl)o1. The number of nitrogen functional groups attached to an aromatic ring is 1. The molecule has 6 nitrogen and oxygen atoms in total. The van der Waals surface area contributed by atoms with Gasteiger partial charge in [-0.25, -0.2) is 4.98 Å². The van der Waals surface area contributed by atoms with E-state index in [2.05, 4.69) is 4.98 Å². The number of pyridine rings is 1. The van der Waals surface area contributed by atoms with Crippen LogP contribution in [0.3, 0.4) is 0 Å². The zero-order chi connectivity index (χ0) is 12.6. The number of rotatable bonds is 1. The first-order valence-electron chi connectivity index (χ1n) is 4.34. The Morgan fingerprint density at radius 2 is 2.12 bits per heavy atom. The molecule has 0 atom stereocenters. The standard InChI is InChI=1S/C9H5Cl2N3O3/c10-5-2-1-4(8(11)13-5)9(16)14-7(15)3-6(12)17-14/h1-3H,12H2. The van der Waals surface area contributed by atoms with E-state index in [0.29, 0.717) is 4.74 Å². The van der Waals surface area contributed by atoms with Crippen LogP contribution in [0.4, 0.5) is 5.88 Å². The predicted molar refractivity (Wildman–Crippen MR) is 61.4 cm³/mol. The zero-order valence-electron chi connectivity index (χ0n) is 8.18. The van der Waals surface area contributed by atoms with Crippen LogP contribution in [-0.4, -0.2) is 15.6 Å². The number of halogens is 2. The highest BCUT2D eigenvalue weighted by Crippen LogP contribution is 2.17. The molecule has 0 saturated carbocycles. The molecular formula is C9H5Cl2N3O3. The second-order valence-electron chi connectivity index (χ2n) is 3.05. The van der Waals surface area contributed by atoms with E-state index >= 15 is 0 Å². The number of nitrogens with zero attached hydrogens (tertiary/aromatic N) is 2. The maximum absolute atomic E-state index is 11.9. The summed E-state index contributed by atoms with van der Waals surface area (Å²) in [5.41, 5.74) is 4.56. The molecule has 2 rings (SSSR count). The predicted octanol–water partition coefficient (Wildman–Crippen LogP) is 1.41. The van der Waals surface area contributed by atoms with Gasteiger partial charge in [-0.15, -0.1) is 0 Å². The molecule has 0 aliphatic carbocycles. The molecule has 2 aromatic rings. The zero-order valence-corrected chi connectivity index (χ0v) is 9.70. The summed E-state index contributed by atoms with van der Waals surface area (Å²) in [4.78, 5) is 26.8. The highest BCUT2D eigenvalue weighted by Gasteiger charge is 2.18. The van der Waals surface area contributed by atoms with E-state index in [4.69, 9.17) is 33.5 Å². The molecule has 88 valence electrons. The van der Waals surface area contributed by atoms with E-state index in [-0.39, 0.29) is 21.8 Å². The Hall–Kier alpha value is -1.79. The molecule has 0 fully saturated rings. The van der Waals surface area contributed by atoms with Crippen molar-refractivity contribution in [1.82, 2.24) is 9.72 Å². The van der Waals surface area contributed by atoms with E-state index in [1.165, 1.54) is 12.1 Å². The largest absolute Gasteiger partial charge is 0.368 e. The first kappa shape index (κ1) is 11.7. The first-order chi connectivity index (χ1) is 7.99. The van der Waals surface area contributed by atoms with Gasteiger partial charge in [-0.1, -0.05) is 27.9 Å². The average Bonchev–Trinajstić information content (AvgIpc) is 2.57. The monoisotopic (exact) mass is 273 g/mol. The van der Waals surface area contributed by atoms with Gasteiger partial charge >= 0.3 is 0 Å². The van der Waals surface area contributed by atoms with Crippen LogP contribution in [0, 0.1) is 0 Å². The van der Waals surface area contributed by atoms with Gasteiger partial charge in [-0.3, -0.25) is 9.59 Å². The van der Waals surface area contributed by atoms with Crippen molar-refractivity contribution in [3.05, 3.63) is 44.4 Å². The summed E-state index contributed by atoms with van der Waals surface area (Å²) in [5, 5.41) is 0.0160. The van der Waals surface area contributed by atoms with Crippen molar-refractivity contribution in [1.29, 1.82) is 0 Å². The molecule has 0 amide bonds. The van der Waals surface area contributed by atoms with Gasteiger partial charge in [0, 0.05) is 0 Å². The van der Waals surface area contributed by atoms with Gasteiger partial charge in [0.15, 0.2) is 0 Å². The van der Waals surface area contributed by atoms with E-state index in [1.54, 1.807) is 0 Å². The molecule has 2 heterocycles. The highest BCUT2D eigenvalue weighted by molar-refractivity contribution is 6.34. The van der Waals surface area contributed by atoms with E-state index in [9.17, 15) is 9.59 Å². The first-order valence-corrected chi connectivity index (χ1v) is 5.10. The molecule has 0 aliphatic rings. The molecule has 2 aromatic heterocycles. The van der Waals surface area contributed by atoms with Crippen LogP contribution < -0.4 is 11.3 Å². The Morgan fingerprint density at radius 3 is 2.65 bits per heavy atom. The Balaban J connectivity index is 2.51. The van der Waals surface area contributed by atoms with Crippen LogP contribution in [0.25, 0.3) is 0 Å². The topological polar surface area (TPSA) is 91.1 Å². The number of anilines is 1. The van der Waals surface area contributed by atoms with Crippen molar-refractivity contribution in [3.63, 3.8) is 0 Å². The van der Waals surface area contributed by atoms with Crippen LogP contribution >= 0.6 is 23.2 Å². The van der Waals surface area contributed by atoms with Gasteiger partial charge in [0.05, 0.1) is 11.6 Å². The third-order valence-electron chi connectivity index (χ3n) is 1.89. The van der Waals surface area contributed by atoms with Crippen LogP contribution in [0.5, 0.6) is 0 Å². The number of hydrogen-bond acceptors (Lipinski definition) is 5. The van der Waals surface area contributed by atoms with Crippen molar-refractivity contribution in [2.45, 2.75) is 0 Å². The lowest BCUT2D eigenvalue weighted by Gasteiger charge is -2.01. The third kappa shape index (κ3) is 2.17. The molecule has 0 radical (unpaired) electrons. The molecular weight excluding hydrogens is 269 g/mol. The molecule has 0 aliphatic heterocycles. The molecule has 2 N–H and O–H groups in total. The lowest BCUT2D eigenvalue weighted by atomic mass is 10.3. The fraction of sp³-hybridized carbons (Fsp3) is 0. The minimum absolute atomic E-state index is 0.00693. The van der Waals surface area contributed by atoms with Gasteiger partial charge in [0.25, 0.3) is 11.5 Å². The molecule has 0 saturated heterocycles. The third-order valence-corrected chi connectivity index (χ3v) is 2.39. The maximum Gasteiger partial charge on any atom is 0.297 e. The summed E-state index contributed by atoms with van der Waals surface area (Å²) in [7, 11) is 0. The maximum atomic E-state index is 11.9. The van der Waals surface area contributed by atoms with Crippen LogP contribution in [-0.2, 0) is 0 Å². The summed E-state index contributed by atoms with van der Waals surface area (Å²) < 4.78 is 5.22. The second kappa shape index (κ2) is 4.23. The van der Waals surface area contributed by atoms with Crippen LogP contribution in [0.2, 0.25) is 10.3 Å². The van der Waals surface area contributed by atoms with Gasteiger partial charge < -0.3 is 10.3 Å². The molecule has 0 spiro atoms. The number of nitrogens with two attached hydrogens (primary N) is 1. The summed E-state index contributed by atoms with van der Waals surface area (Å²) in [5.74, 6) is -0.928. The van der Waals surface area contributed by atoms with Gasteiger partial charge in [0.1, 0.15) is 10.3 Å². The molecule has 8 heteroatoms. The van der Waals surface area contributed by atoms with Gasteiger partial charge in [0.2, 0.25) is 5.88 Å². The number of hydrogen-bond donors (Lipinski definition) is 1. The van der Waals surface area contributed by atoms with Crippen molar-refractivity contribution >= 4 is 35.0 Å². The van der Waals surface area contributed by atoms with E-state index in [0.717, 1.165) is 6.07 Å². The lowest BCUT2D eigenvalue weighted by Crippen LogP contribution is -2.22. The highest BCUT2D eigenvalue weighted by atomic mass is 35.5. The summed E-state index contributed by atoms with van der Waals surface area (Å²) in [6.07, 6.45) is 0. The summed E-state index contributed by atoms with van der Waals surface area (Å²) in [6, 6.07) is 3.69. The van der Waals surface area contributed by atoms with Crippen LogP contribution in [0.1, 0.15) is 10.4 Å². The minimum atomic E-state index is -0.763. The molecule has 0 aromatic carbocycles. The normalized spacial score (nSPS) is 10.5. The fourth-order valence-corrected chi connectivity index (χ4v) is 1.61. The summed E-state index contributed by atoms with van der Waals surface area (Å²) >= 11 is 11.3. The molecule has 0 bridgehead atoms. The number of carbonyl (C=O) groups excluding carboxylic acids is 1. The Bertz CT molecular complexity index is 647. The van der Waals surface area contributed by atoms with Crippen molar-refractivity contribution in [2.24, 2.45) is 0 Å². The van der Waals surface area contributed by atoms with Crippen LogP contribution in [0.15, 0.2) is 27.5 Å². The van der Waals surface area contributed by atoms with Crippen molar-refractivity contribution in [2.75, 3.05) is 5.73 Å². The Kier molecular flexibility index (Phi) is 2.91. The number of carbonyl (C=O) groups is 1. The summed E-state index contributed by atoms with van der Waals surface area (Å²) in [6.45, 7) is 0. The Morgan fingerprint density at radius 1 is 1.41 bits per heavy atom. The lowest BCUT2D eigenvalue weighted by molar-refractivity contribution is 0.0846. The van der Waals surface area contributed by atoms with E-state index < -0.39 is 11.5 Å². The van der Waals surface area contributed by atoms with Crippen molar-refractivity contribution in [3.8, 4) is 0 Å². The molecule has 0 unspecified atom stereocenters. The average molecular weight is 274 g/mol. The van der Waals surface area contributed by atoms with E-state index in [1.807, 2.05) is 0 Å². The Labute approximate surface area is 105 Å². The van der Waals surface area contributed by atoms with Gasteiger partial charge in [-0.2, -0.15) is 0 Å². The second-order valence-corrected chi connectivity index (χ2v) is 3.79. The van der Waals surface area contributed by atoms with Gasteiger partial charge in [-0.05, 0) is 12.1 Å². The number of aromatic nitrogens is 2. The quantitative estimate of drug-likeness (QED) is 0.794.